The third kappa shape index (κ3) is 4.96. The normalized spacial score (nSPS) is 14.8. The number of amides is 1. The van der Waals surface area contributed by atoms with Crippen LogP contribution >= 0.6 is 11.8 Å². The maximum atomic E-state index is 13.2. The Bertz CT molecular complexity index is 1250. The van der Waals surface area contributed by atoms with Crippen molar-refractivity contribution >= 4 is 23.5 Å². The predicted octanol–water partition coefficient (Wildman–Crippen LogP) is 4.42. The molecule has 170 valence electrons. The lowest BCUT2D eigenvalue weighted by Gasteiger charge is -2.26. The summed E-state index contributed by atoms with van der Waals surface area (Å²) < 4.78 is 11.3. The number of methoxy groups -OCH3 is 1. The molecule has 0 fully saturated rings. The second kappa shape index (κ2) is 9.95. The van der Waals surface area contributed by atoms with Crippen molar-refractivity contribution in [3.63, 3.8) is 0 Å². The number of para-hydroxylation sites is 1. The monoisotopic (exact) mass is 463 g/mol. The van der Waals surface area contributed by atoms with Crippen LogP contribution in [0.3, 0.4) is 0 Å². The van der Waals surface area contributed by atoms with Gasteiger partial charge < -0.3 is 19.8 Å². The second-order valence-electron chi connectivity index (χ2n) is 7.69. The van der Waals surface area contributed by atoms with Crippen LogP contribution in [0.2, 0.25) is 0 Å². The topological polar surface area (TPSA) is 93.3 Å². The molecular formula is C25H25N3O4S. The van der Waals surface area contributed by atoms with E-state index in [1.807, 2.05) is 37.3 Å². The molecule has 0 saturated carbocycles. The van der Waals surface area contributed by atoms with E-state index in [-0.39, 0.29) is 30.3 Å². The van der Waals surface area contributed by atoms with E-state index in [2.05, 4.69) is 27.9 Å². The molecule has 3 aromatic rings. The highest BCUT2D eigenvalue weighted by Gasteiger charge is 2.33. The Kier molecular flexibility index (Phi) is 6.84. The number of benzene rings is 2. The van der Waals surface area contributed by atoms with Gasteiger partial charge in [0.15, 0.2) is 16.7 Å². The number of nitrogens with one attached hydrogen (secondary N) is 2. The Morgan fingerprint density at radius 3 is 2.82 bits per heavy atom. The molecule has 7 nitrogen and oxygen atoms in total. The lowest BCUT2D eigenvalue weighted by molar-refractivity contribution is -0.116. The number of fused-ring (bicyclic) bond motifs is 1. The van der Waals surface area contributed by atoms with Gasteiger partial charge in [-0.05, 0) is 18.6 Å². The molecule has 8 heteroatoms. The summed E-state index contributed by atoms with van der Waals surface area (Å²) in [6, 6.07) is 13.6. The number of nitrogens with zero attached hydrogens (tertiary/aromatic N) is 1. The molecule has 0 spiro atoms. The fourth-order valence-electron chi connectivity index (χ4n) is 3.90. The number of H-pyrrole nitrogens is 1. The first-order valence-electron chi connectivity index (χ1n) is 10.5. The summed E-state index contributed by atoms with van der Waals surface area (Å²) in [5, 5.41) is 3.22. The standard InChI is InChI=1S/C25H25N3O4S/c1-4-11-32-22-17(9-6-10-19(22)31-3)18-13-20(29)26-23-21(18)24(30)28-25(27-23)33-14-16-8-5-7-15(2)12-16/h4-10,12,18H,1,11,13-14H2,2-3H3,(H2,26,27,28,29,30). The number of carbonyl (C=O) groups is 1. The van der Waals surface area contributed by atoms with Crippen molar-refractivity contribution in [2.45, 2.75) is 30.2 Å². The van der Waals surface area contributed by atoms with Crippen LogP contribution in [0.5, 0.6) is 11.5 Å². The summed E-state index contributed by atoms with van der Waals surface area (Å²) >= 11 is 1.41. The SMILES string of the molecule is C=CCOc1c(OC)cccc1C1CC(=O)Nc2nc(SCc3cccc(C)c3)[nH]c(=O)c21. The van der Waals surface area contributed by atoms with E-state index in [0.717, 1.165) is 5.56 Å². The molecule has 2 N–H and O–H groups in total. The predicted molar refractivity (Wildman–Crippen MR) is 129 cm³/mol. The van der Waals surface area contributed by atoms with Crippen molar-refractivity contribution in [1.29, 1.82) is 0 Å². The van der Waals surface area contributed by atoms with Gasteiger partial charge >= 0.3 is 0 Å². The third-order valence-electron chi connectivity index (χ3n) is 5.34. The Labute approximate surface area is 196 Å². The number of rotatable bonds is 8. The van der Waals surface area contributed by atoms with Gasteiger partial charge in [0.05, 0.1) is 12.7 Å². The molecule has 1 unspecified atom stereocenters. The first kappa shape index (κ1) is 22.7. The molecule has 1 amide bonds. The molecule has 2 aromatic carbocycles. The summed E-state index contributed by atoms with van der Waals surface area (Å²) in [5.74, 6) is 1.22. The minimum absolute atomic E-state index is 0.102. The average molecular weight is 464 g/mol. The van der Waals surface area contributed by atoms with Crippen LogP contribution < -0.4 is 20.3 Å². The lowest BCUT2D eigenvalue weighted by Crippen LogP contribution is -2.31. The van der Waals surface area contributed by atoms with Gasteiger partial charge in [0, 0.05) is 23.7 Å². The number of anilines is 1. The van der Waals surface area contributed by atoms with E-state index in [4.69, 9.17) is 9.47 Å². The fraction of sp³-hybridized carbons (Fsp3) is 0.240. The zero-order chi connectivity index (χ0) is 23.4. The number of thioether (sulfide) groups is 1. The van der Waals surface area contributed by atoms with E-state index in [1.165, 1.54) is 17.3 Å². The Morgan fingerprint density at radius 1 is 1.24 bits per heavy atom. The molecule has 1 atom stereocenters. The highest BCUT2D eigenvalue weighted by atomic mass is 32.2. The molecule has 1 aliphatic rings. The van der Waals surface area contributed by atoms with Gasteiger partial charge in [-0.1, -0.05) is 66.4 Å². The van der Waals surface area contributed by atoms with Crippen LogP contribution in [0.4, 0.5) is 5.82 Å². The van der Waals surface area contributed by atoms with Crippen molar-refractivity contribution < 1.29 is 14.3 Å². The van der Waals surface area contributed by atoms with Crippen LogP contribution in [0.25, 0.3) is 0 Å². The van der Waals surface area contributed by atoms with Crippen molar-refractivity contribution in [3.8, 4) is 11.5 Å². The van der Waals surface area contributed by atoms with Crippen LogP contribution in [0.15, 0.2) is 65.1 Å². The van der Waals surface area contributed by atoms with Crippen LogP contribution in [-0.2, 0) is 10.5 Å². The zero-order valence-corrected chi connectivity index (χ0v) is 19.3. The average Bonchev–Trinajstić information content (AvgIpc) is 2.80. The fourth-order valence-corrected chi connectivity index (χ4v) is 4.71. The molecular weight excluding hydrogens is 438 g/mol. The number of hydrogen-bond donors (Lipinski definition) is 2. The zero-order valence-electron chi connectivity index (χ0n) is 18.5. The number of aryl methyl sites for hydroxylation is 1. The Hall–Kier alpha value is -3.52. The molecule has 0 bridgehead atoms. The molecule has 0 aliphatic carbocycles. The number of aromatic nitrogens is 2. The molecule has 1 aliphatic heterocycles. The van der Waals surface area contributed by atoms with Gasteiger partial charge in [0.2, 0.25) is 5.91 Å². The van der Waals surface area contributed by atoms with Gasteiger partial charge in [-0.15, -0.1) is 0 Å². The van der Waals surface area contributed by atoms with Crippen molar-refractivity contribution in [1.82, 2.24) is 9.97 Å². The van der Waals surface area contributed by atoms with Gasteiger partial charge in [0.25, 0.3) is 5.56 Å². The second-order valence-corrected chi connectivity index (χ2v) is 8.66. The van der Waals surface area contributed by atoms with Crippen molar-refractivity contribution in [2.75, 3.05) is 19.0 Å². The molecule has 0 radical (unpaired) electrons. The highest BCUT2D eigenvalue weighted by Crippen LogP contribution is 2.42. The Balaban J connectivity index is 1.70. The molecule has 33 heavy (non-hydrogen) atoms. The molecule has 2 heterocycles. The van der Waals surface area contributed by atoms with Gasteiger partial charge in [-0.3, -0.25) is 9.59 Å². The molecule has 0 saturated heterocycles. The van der Waals surface area contributed by atoms with E-state index in [1.54, 1.807) is 19.3 Å². The summed E-state index contributed by atoms with van der Waals surface area (Å²) in [5.41, 5.74) is 3.12. The van der Waals surface area contributed by atoms with Crippen molar-refractivity contribution in [2.24, 2.45) is 0 Å². The van der Waals surface area contributed by atoms with E-state index in [9.17, 15) is 9.59 Å². The van der Waals surface area contributed by atoms with Crippen LogP contribution in [0.1, 0.15) is 34.6 Å². The van der Waals surface area contributed by atoms with Gasteiger partial charge in [-0.25, -0.2) is 4.98 Å². The van der Waals surface area contributed by atoms with Crippen molar-refractivity contribution in [3.05, 3.63) is 87.7 Å². The largest absolute Gasteiger partial charge is 0.493 e. The summed E-state index contributed by atoms with van der Waals surface area (Å²) in [6.45, 7) is 5.99. The van der Waals surface area contributed by atoms with E-state index in [0.29, 0.717) is 33.5 Å². The number of carbonyl (C=O) groups excluding carboxylic acids is 1. The molecule has 1 aromatic heterocycles. The summed E-state index contributed by atoms with van der Waals surface area (Å²) in [7, 11) is 1.55. The number of aromatic amines is 1. The van der Waals surface area contributed by atoms with Gasteiger partial charge in [-0.2, -0.15) is 0 Å². The third-order valence-corrected chi connectivity index (χ3v) is 6.28. The maximum Gasteiger partial charge on any atom is 0.257 e. The Morgan fingerprint density at radius 2 is 2.06 bits per heavy atom. The number of hydrogen-bond acceptors (Lipinski definition) is 6. The highest BCUT2D eigenvalue weighted by molar-refractivity contribution is 7.98. The van der Waals surface area contributed by atoms with E-state index >= 15 is 0 Å². The maximum absolute atomic E-state index is 13.2. The molecule has 4 rings (SSSR count). The van der Waals surface area contributed by atoms with Crippen LogP contribution in [-0.4, -0.2) is 29.6 Å². The summed E-state index contributed by atoms with van der Waals surface area (Å²) in [6.07, 6.45) is 1.73. The van der Waals surface area contributed by atoms with Gasteiger partial charge in [0.1, 0.15) is 12.4 Å². The quantitative estimate of drug-likeness (QED) is 0.292. The first-order valence-corrected chi connectivity index (χ1v) is 11.5. The lowest BCUT2D eigenvalue weighted by atomic mass is 9.86. The summed E-state index contributed by atoms with van der Waals surface area (Å²) in [4.78, 5) is 33.2. The first-order chi connectivity index (χ1) is 16.0. The van der Waals surface area contributed by atoms with Crippen LogP contribution in [0, 0.1) is 6.92 Å². The minimum Gasteiger partial charge on any atom is -0.493 e. The number of ether oxygens (including phenoxy) is 2. The van der Waals surface area contributed by atoms with E-state index < -0.39 is 5.92 Å². The minimum atomic E-state index is -0.518. The smallest absolute Gasteiger partial charge is 0.257 e.